The SMILES string of the molecule is Cc1ccnc(NCC(C)N(C)C)n1. The summed E-state index contributed by atoms with van der Waals surface area (Å²) in [6, 6.07) is 2.36. The number of aromatic nitrogens is 2. The van der Waals surface area contributed by atoms with Gasteiger partial charge in [0, 0.05) is 24.5 Å². The van der Waals surface area contributed by atoms with Gasteiger partial charge < -0.3 is 10.2 Å². The highest BCUT2D eigenvalue weighted by molar-refractivity contribution is 5.24. The van der Waals surface area contributed by atoms with E-state index in [1.54, 1.807) is 6.20 Å². The molecule has 1 rings (SSSR count). The van der Waals surface area contributed by atoms with Crippen molar-refractivity contribution in [2.75, 3.05) is 26.0 Å². The predicted molar refractivity (Wildman–Crippen MR) is 58.4 cm³/mol. The van der Waals surface area contributed by atoms with Crippen LogP contribution >= 0.6 is 0 Å². The standard InChI is InChI=1S/C10H18N4/c1-8-5-6-11-10(13-8)12-7-9(2)14(3)4/h5-6,9H,7H2,1-4H3,(H,11,12,13). The van der Waals surface area contributed by atoms with Crippen LogP contribution in [-0.4, -0.2) is 41.5 Å². The van der Waals surface area contributed by atoms with Crippen molar-refractivity contribution in [3.8, 4) is 0 Å². The van der Waals surface area contributed by atoms with Crippen molar-refractivity contribution in [2.24, 2.45) is 0 Å². The minimum atomic E-state index is 0.471. The number of nitrogens with zero attached hydrogens (tertiary/aromatic N) is 3. The summed E-state index contributed by atoms with van der Waals surface area (Å²) in [6.07, 6.45) is 1.77. The molecule has 4 nitrogen and oxygen atoms in total. The van der Waals surface area contributed by atoms with Gasteiger partial charge in [-0.25, -0.2) is 9.97 Å². The quantitative estimate of drug-likeness (QED) is 0.780. The van der Waals surface area contributed by atoms with E-state index in [2.05, 4.69) is 41.2 Å². The fraction of sp³-hybridized carbons (Fsp3) is 0.600. The fourth-order valence-corrected chi connectivity index (χ4v) is 0.956. The van der Waals surface area contributed by atoms with E-state index in [4.69, 9.17) is 0 Å². The van der Waals surface area contributed by atoms with Crippen LogP contribution in [0.1, 0.15) is 12.6 Å². The lowest BCUT2D eigenvalue weighted by Crippen LogP contribution is -2.31. The van der Waals surface area contributed by atoms with E-state index in [0.717, 1.165) is 12.2 Å². The Morgan fingerprint density at radius 3 is 2.79 bits per heavy atom. The maximum Gasteiger partial charge on any atom is 0.222 e. The number of anilines is 1. The van der Waals surface area contributed by atoms with Crippen molar-refractivity contribution in [3.05, 3.63) is 18.0 Å². The number of aryl methyl sites for hydroxylation is 1. The van der Waals surface area contributed by atoms with Crippen molar-refractivity contribution in [1.29, 1.82) is 0 Å². The molecule has 0 amide bonds. The Morgan fingerprint density at radius 2 is 2.21 bits per heavy atom. The summed E-state index contributed by atoms with van der Waals surface area (Å²) in [6.45, 7) is 4.97. The number of nitrogens with one attached hydrogen (secondary N) is 1. The molecule has 1 unspecified atom stereocenters. The zero-order valence-electron chi connectivity index (χ0n) is 9.28. The van der Waals surface area contributed by atoms with Crippen LogP contribution in [0.4, 0.5) is 5.95 Å². The predicted octanol–water partition coefficient (Wildman–Crippen LogP) is 1.15. The van der Waals surface area contributed by atoms with Gasteiger partial charge in [0.1, 0.15) is 0 Å². The average molecular weight is 194 g/mol. The van der Waals surface area contributed by atoms with Crippen LogP contribution in [-0.2, 0) is 0 Å². The Labute approximate surface area is 85.4 Å². The highest BCUT2D eigenvalue weighted by atomic mass is 15.2. The molecule has 0 saturated heterocycles. The molecule has 0 aliphatic rings. The summed E-state index contributed by atoms with van der Waals surface area (Å²) in [5.74, 6) is 0.707. The van der Waals surface area contributed by atoms with Crippen LogP contribution in [0, 0.1) is 6.92 Å². The van der Waals surface area contributed by atoms with Gasteiger partial charge in [0.2, 0.25) is 5.95 Å². The van der Waals surface area contributed by atoms with Crippen molar-refractivity contribution >= 4 is 5.95 Å². The zero-order chi connectivity index (χ0) is 10.6. The number of hydrogen-bond acceptors (Lipinski definition) is 4. The summed E-state index contributed by atoms with van der Waals surface area (Å²) >= 11 is 0. The third-order valence-electron chi connectivity index (χ3n) is 2.23. The Kier molecular flexibility index (Phi) is 3.83. The van der Waals surface area contributed by atoms with Gasteiger partial charge in [-0.05, 0) is 34.0 Å². The molecule has 14 heavy (non-hydrogen) atoms. The molecule has 4 heteroatoms. The summed E-state index contributed by atoms with van der Waals surface area (Å²) in [7, 11) is 4.12. The molecular weight excluding hydrogens is 176 g/mol. The van der Waals surface area contributed by atoms with Gasteiger partial charge in [-0.2, -0.15) is 0 Å². The highest BCUT2D eigenvalue weighted by Gasteiger charge is 2.04. The zero-order valence-corrected chi connectivity index (χ0v) is 9.28. The summed E-state index contributed by atoms with van der Waals surface area (Å²) in [4.78, 5) is 10.5. The Hall–Kier alpha value is -1.16. The molecule has 1 atom stereocenters. The van der Waals surface area contributed by atoms with Gasteiger partial charge >= 0.3 is 0 Å². The topological polar surface area (TPSA) is 41.1 Å². The number of rotatable bonds is 4. The largest absolute Gasteiger partial charge is 0.353 e. The second-order valence-electron chi connectivity index (χ2n) is 3.72. The minimum absolute atomic E-state index is 0.471. The molecule has 1 aromatic heterocycles. The van der Waals surface area contributed by atoms with Crippen LogP contribution in [0.2, 0.25) is 0 Å². The van der Waals surface area contributed by atoms with Crippen LogP contribution in [0.3, 0.4) is 0 Å². The second kappa shape index (κ2) is 4.91. The maximum atomic E-state index is 4.26. The number of hydrogen-bond donors (Lipinski definition) is 1. The third kappa shape index (κ3) is 3.30. The molecule has 0 aliphatic carbocycles. The minimum Gasteiger partial charge on any atom is -0.353 e. The Bertz CT molecular complexity index is 285. The molecule has 1 N–H and O–H groups in total. The summed E-state index contributed by atoms with van der Waals surface area (Å²) in [5, 5.41) is 3.20. The Morgan fingerprint density at radius 1 is 1.50 bits per heavy atom. The van der Waals surface area contributed by atoms with E-state index in [9.17, 15) is 0 Å². The number of likely N-dealkylation sites (N-methyl/N-ethyl adjacent to an activating group) is 1. The molecule has 0 spiro atoms. The van der Waals surface area contributed by atoms with E-state index in [1.165, 1.54) is 0 Å². The molecule has 0 bridgehead atoms. The molecule has 0 radical (unpaired) electrons. The van der Waals surface area contributed by atoms with Crippen LogP contribution in [0.5, 0.6) is 0 Å². The van der Waals surface area contributed by atoms with Crippen molar-refractivity contribution in [3.63, 3.8) is 0 Å². The first-order valence-corrected chi connectivity index (χ1v) is 4.79. The maximum absolute atomic E-state index is 4.26. The van der Waals surface area contributed by atoms with Gasteiger partial charge in [-0.1, -0.05) is 0 Å². The van der Waals surface area contributed by atoms with Gasteiger partial charge in [0.05, 0.1) is 0 Å². The van der Waals surface area contributed by atoms with Crippen molar-refractivity contribution in [2.45, 2.75) is 19.9 Å². The monoisotopic (exact) mass is 194 g/mol. The van der Waals surface area contributed by atoms with Crippen LogP contribution < -0.4 is 5.32 Å². The van der Waals surface area contributed by atoms with E-state index < -0.39 is 0 Å². The first-order chi connectivity index (χ1) is 6.59. The molecule has 0 fully saturated rings. The van der Waals surface area contributed by atoms with Crippen molar-refractivity contribution < 1.29 is 0 Å². The molecule has 0 aromatic carbocycles. The molecular formula is C10H18N4. The first kappa shape index (κ1) is 10.9. The summed E-state index contributed by atoms with van der Waals surface area (Å²) in [5.41, 5.74) is 0.986. The van der Waals surface area contributed by atoms with E-state index >= 15 is 0 Å². The normalized spacial score (nSPS) is 12.9. The van der Waals surface area contributed by atoms with Crippen LogP contribution in [0.25, 0.3) is 0 Å². The summed E-state index contributed by atoms with van der Waals surface area (Å²) < 4.78 is 0. The van der Waals surface area contributed by atoms with E-state index in [-0.39, 0.29) is 0 Å². The molecule has 78 valence electrons. The highest BCUT2D eigenvalue weighted by Crippen LogP contribution is 2.00. The van der Waals surface area contributed by atoms with E-state index in [0.29, 0.717) is 12.0 Å². The molecule has 0 saturated carbocycles. The van der Waals surface area contributed by atoms with Crippen molar-refractivity contribution in [1.82, 2.24) is 14.9 Å². The van der Waals surface area contributed by atoms with Gasteiger partial charge in [0.25, 0.3) is 0 Å². The molecule has 1 aromatic rings. The van der Waals surface area contributed by atoms with Gasteiger partial charge in [-0.15, -0.1) is 0 Å². The lowest BCUT2D eigenvalue weighted by Gasteiger charge is -2.19. The lowest BCUT2D eigenvalue weighted by molar-refractivity contribution is 0.325. The first-order valence-electron chi connectivity index (χ1n) is 4.79. The fourth-order valence-electron chi connectivity index (χ4n) is 0.956. The molecule has 0 aliphatic heterocycles. The van der Waals surface area contributed by atoms with Crippen LogP contribution in [0.15, 0.2) is 12.3 Å². The van der Waals surface area contributed by atoms with Gasteiger partial charge in [0.15, 0.2) is 0 Å². The Balaban J connectivity index is 2.45. The third-order valence-corrected chi connectivity index (χ3v) is 2.23. The molecule has 1 heterocycles. The smallest absolute Gasteiger partial charge is 0.222 e. The average Bonchev–Trinajstić information content (AvgIpc) is 2.14. The van der Waals surface area contributed by atoms with E-state index in [1.807, 2.05) is 13.0 Å². The van der Waals surface area contributed by atoms with Gasteiger partial charge in [-0.3, -0.25) is 0 Å². The lowest BCUT2D eigenvalue weighted by atomic mass is 10.3. The second-order valence-corrected chi connectivity index (χ2v) is 3.72.